The van der Waals surface area contributed by atoms with E-state index in [2.05, 4.69) is 16.7 Å². The molecule has 0 radical (unpaired) electrons. The van der Waals surface area contributed by atoms with E-state index in [9.17, 15) is 5.11 Å². The van der Waals surface area contributed by atoms with Gasteiger partial charge >= 0.3 is 0 Å². The molecule has 0 aromatic carbocycles. The Balaban J connectivity index is 1.78. The summed E-state index contributed by atoms with van der Waals surface area (Å²) in [6.07, 6.45) is 8.26. The fraction of sp³-hybridized carbons (Fsp3) is 1.00. The first-order valence-electron chi connectivity index (χ1n) is 8.33. The molecule has 0 spiro atoms. The third-order valence-corrected chi connectivity index (χ3v) is 4.90. The lowest BCUT2D eigenvalue weighted by atomic mass is 9.88. The van der Waals surface area contributed by atoms with Crippen molar-refractivity contribution >= 4 is 0 Å². The van der Waals surface area contributed by atoms with E-state index in [0.717, 1.165) is 19.0 Å². The van der Waals surface area contributed by atoms with E-state index in [1.807, 2.05) is 6.92 Å². The molecule has 0 unspecified atom stereocenters. The Bertz CT molecular complexity index is 251. The Hall–Kier alpha value is -0.120. The first kappa shape index (κ1) is 15.3. The van der Waals surface area contributed by atoms with Gasteiger partial charge in [0, 0.05) is 38.8 Å². The SMILES string of the molecule is CC[C@H]1CN(CC2CCCCC2)CCN1C[C@H](C)O. The standard InChI is InChI=1S/C16H32N2O/c1-3-16-13-17(9-10-18(16)11-14(2)19)12-15-7-5-4-6-8-15/h14-16,19H,3-13H2,1-2H3/t14-,16-/m0/s1. The monoisotopic (exact) mass is 268 g/mol. The highest BCUT2D eigenvalue weighted by Crippen LogP contribution is 2.25. The summed E-state index contributed by atoms with van der Waals surface area (Å²) in [6, 6.07) is 0.645. The fourth-order valence-electron chi connectivity index (χ4n) is 3.82. The van der Waals surface area contributed by atoms with Crippen LogP contribution >= 0.6 is 0 Å². The molecule has 3 heteroatoms. The van der Waals surface area contributed by atoms with Crippen LogP contribution in [-0.2, 0) is 0 Å². The van der Waals surface area contributed by atoms with E-state index in [1.54, 1.807) is 0 Å². The molecule has 112 valence electrons. The van der Waals surface area contributed by atoms with Crippen LogP contribution in [0.4, 0.5) is 0 Å². The maximum absolute atomic E-state index is 9.59. The van der Waals surface area contributed by atoms with E-state index in [0.29, 0.717) is 6.04 Å². The smallest absolute Gasteiger partial charge is 0.0639 e. The van der Waals surface area contributed by atoms with Gasteiger partial charge in [-0.15, -0.1) is 0 Å². The van der Waals surface area contributed by atoms with Crippen molar-refractivity contribution in [1.82, 2.24) is 9.80 Å². The number of aliphatic hydroxyl groups excluding tert-OH is 1. The highest BCUT2D eigenvalue weighted by Gasteiger charge is 2.27. The summed E-state index contributed by atoms with van der Waals surface area (Å²) in [5.41, 5.74) is 0. The summed E-state index contributed by atoms with van der Waals surface area (Å²) in [4.78, 5) is 5.17. The van der Waals surface area contributed by atoms with Gasteiger partial charge in [-0.05, 0) is 32.1 Å². The molecule has 2 aliphatic rings. The highest BCUT2D eigenvalue weighted by molar-refractivity contribution is 4.83. The molecular formula is C16H32N2O. The number of hydrogen-bond donors (Lipinski definition) is 1. The summed E-state index contributed by atoms with van der Waals surface area (Å²) < 4.78 is 0. The average molecular weight is 268 g/mol. The highest BCUT2D eigenvalue weighted by atomic mass is 16.3. The van der Waals surface area contributed by atoms with Gasteiger partial charge in [0.2, 0.25) is 0 Å². The predicted octanol–water partition coefficient (Wildman–Crippen LogP) is 2.34. The lowest BCUT2D eigenvalue weighted by molar-refractivity contribution is 0.0287. The summed E-state index contributed by atoms with van der Waals surface area (Å²) in [5, 5.41) is 9.59. The van der Waals surface area contributed by atoms with Gasteiger partial charge in [0.25, 0.3) is 0 Å². The molecule has 0 aromatic rings. The van der Waals surface area contributed by atoms with Gasteiger partial charge in [-0.3, -0.25) is 4.90 Å². The van der Waals surface area contributed by atoms with Gasteiger partial charge in [-0.2, -0.15) is 0 Å². The molecule has 1 aliphatic carbocycles. The van der Waals surface area contributed by atoms with Crippen LogP contribution in [0.1, 0.15) is 52.4 Å². The summed E-state index contributed by atoms with van der Waals surface area (Å²) in [7, 11) is 0. The molecule has 2 rings (SSSR count). The third kappa shape index (κ3) is 4.73. The van der Waals surface area contributed by atoms with Gasteiger partial charge in [-0.1, -0.05) is 26.2 Å². The molecule has 0 bridgehead atoms. The van der Waals surface area contributed by atoms with Crippen LogP contribution in [-0.4, -0.2) is 59.8 Å². The Morgan fingerprint density at radius 1 is 1.16 bits per heavy atom. The molecule has 1 heterocycles. The topological polar surface area (TPSA) is 26.7 Å². The molecule has 3 nitrogen and oxygen atoms in total. The van der Waals surface area contributed by atoms with Crippen molar-refractivity contribution < 1.29 is 5.11 Å². The summed E-state index contributed by atoms with van der Waals surface area (Å²) >= 11 is 0. The maximum Gasteiger partial charge on any atom is 0.0639 e. The van der Waals surface area contributed by atoms with Gasteiger partial charge in [0.05, 0.1) is 6.10 Å². The average Bonchev–Trinajstić information content (AvgIpc) is 2.41. The van der Waals surface area contributed by atoms with Crippen LogP contribution in [0.5, 0.6) is 0 Å². The number of hydrogen-bond acceptors (Lipinski definition) is 3. The molecular weight excluding hydrogens is 236 g/mol. The molecule has 1 saturated carbocycles. The van der Waals surface area contributed by atoms with Gasteiger partial charge < -0.3 is 10.0 Å². The van der Waals surface area contributed by atoms with E-state index in [1.165, 1.54) is 58.2 Å². The maximum atomic E-state index is 9.59. The zero-order valence-corrected chi connectivity index (χ0v) is 12.9. The van der Waals surface area contributed by atoms with Crippen molar-refractivity contribution in [3.63, 3.8) is 0 Å². The van der Waals surface area contributed by atoms with Crippen LogP contribution in [0, 0.1) is 5.92 Å². The van der Waals surface area contributed by atoms with Crippen LogP contribution in [0.2, 0.25) is 0 Å². The molecule has 0 aromatic heterocycles. The normalized spacial score (nSPS) is 29.5. The lowest BCUT2D eigenvalue weighted by Gasteiger charge is -2.43. The van der Waals surface area contributed by atoms with Gasteiger partial charge in [-0.25, -0.2) is 0 Å². The molecule has 1 saturated heterocycles. The Morgan fingerprint density at radius 3 is 2.53 bits per heavy atom. The number of β-amino-alcohol motifs (C(OH)–C–C–N with tert-alkyl or cyclic N) is 1. The number of rotatable bonds is 5. The minimum Gasteiger partial charge on any atom is -0.392 e. The predicted molar refractivity (Wildman–Crippen MR) is 80.3 cm³/mol. The molecule has 0 amide bonds. The Kier molecular flexibility index (Phi) is 6.11. The minimum atomic E-state index is -0.195. The van der Waals surface area contributed by atoms with Crippen molar-refractivity contribution in [3.8, 4) is 0 Å². The minimum absolute atomic E-state index is 0.195. The van der Waals surface area contributed by atoms with E-state index in [-0.39, 0.29) is 6.10 Å². The second kappa shape index (κ2) is 7.61. The largest absolute Gasteiger partial charge is 0.392 e. The quantitative estimate of drug-likeness (QED) is 0.829. The third-order valence-electron chi connectivity index (χ3n) is 4.90. The van der Waals surface area contributed by atoms with E-state index in [4.69, 9.17) is 0 Å². The first-order chi connectivity index (χ1) is 9.19. The van der Waals surface area contributed by atoms with Crippen LogP contribution in [0.25, 0.3) is 0 Å². The summed E-state index contributed by atoms with van der Waals surface area (Å²) in [5.74, 6) is 0.953. The summed E-state index contributed by atoms with van der Waals surface area (Å²) in [6.45, 7) is 9.88. The second-order valence-corrected chi connectivity index (χ2v) is 6.67. The van der Waals surface area contributed by atoms with E-state index < -0.39 is 0 Å². The molecule has 2 fully saturated rings. The van der Waals surface area contributed by atoms with E-state index >= 15 is 0 Å². The second-order valence-electron chi connectivity index (χ2n) is 6.67. The Morgan fingerprint density at radius 2 is 1.89 bits per heavy atom. The molecule has 1 aliphatic heterocycles. The number of piperazine rings is 1. The molecule has 1 N–H and O–H groups in total. The van der Waals surface area contributed by atoms with Crippen molar-refractivity contribution in [2.45, 2.75) is 64.5 Å². The van der Waals surface area contributed by atoms with Crippen LogP contribution in [0.3, 0.4) is 0 Å². The zero-order valence-electron chi connectivity index (χ0n) is 12.9. The molecule has 19 heavy (non-hydrogen) atoms. The van der Waals surface area contributed by atoms with Crippen LogP contribution < -0.4 is 0 Å². The number of nitrogens with zero attached hydrogens (tertiary/aromatic N) is 2. The van der Waals surface area contributed by atoms with Gasteiger partial charge in [0.1, 0.15) is 0 Å². The van der Waals surface area contributed by atoms with Crippen molar-refractivity contribution in [2.24, 2.45) is 5.92 Å². The first-order valence-corrected chi connectivity index (χ1v) is 8.33. The van der Waals surface area contributed by atoms with Crippen molar-refractivity contribution in [3.05, 3.63) is 0 Å². The molecule has 2 atom stereocenters. The zero-order chi connectivity index (χ0) is 13.7. The Labute approximate surface area is 119 Å². The van der Waals surface area contributed by atoms with Crippen molar-refractivity contribution in [2.75, 3.05) is 32.7 Å². The lowest BCUT2D eigenvalue weighted by Crippen LogP contribution is -2.55. The number of aliphatic hydroxyl groups is 1. The van der Waals surface area contributed by atoms with Crippen molar-refractivity contribution in [1.29, 1.82) is 0 Å². The van der Waals surface area contributed by atoms with Crippen LogP contribution in [0.15, 0.2) is 0 Å². The van der Waals surface area contributed by atoms with Gasteiger partial charge in [0.15, 0.2) is 0 Å². The fourth-order valence-corrected chi connectivity index (χ4v) is 3.82.